The van der Waals surface area contributed by atoms with E-state index in [-0.39, 0.29) is 5.41 Å². The van der Waals surface area contributed by atoms with E-state index in [1.165, 1.54) is 22.4 Å². The SMILES string of the molecule is CN1c2ccccc2C(C)(C)C12C=Cc1cc(-[n+]3c(-c4ccccc4)cc(-c4ccccc4)cc3-c3ccccc3)cc(-c3ccccc3)c1O2. The first-order chi connectivity index (χ1) is 24.9. The first-order valence-corrected chi connectivity index (χ1v) is 17.7. The molecule has 246 valence electrons. The summed E-state index contributed by atoms with van der Waals surface area (Å²) in [6.45, 7) is 4.59. The number of nitrogens with zero attached hydrogens (tertiary/aromatic N) is 2. The van der Waals surface area contributed by atoms with E-state index in [1.54, 1.807) is 0 Å². The Bertz CT molecular complexity index is 2360. The Balaban J connectivity index is 1.32. The van der Waals surface area contributed by atoms with Gasteiger partial charge in [0.15, 0.2) is 0 Å². The van der Waals surface area contributed by atoms with Gasteiger partial charge < -0.3 is 9.64 Å². The molecule has 3 heteroatoms. The van der Waals surface area contributed by atoms with Gasteiger partial charge in [-0.1, -0.05) is 115 Å². The van der Waals surface area contributed by atoms with E-state index < -0.39 is 5.72 Å². The number of hydrogen-bond acceptors (Lipinski definition) is 2. The van der Waals surface area contributed by atoms with E-state index in [1.807, 2.05) is 0 Å². The van der Waals surface area contributed by atoms with Crippen LogP contribution in [-0.2, 0) is 5.41 Å². The lowest BCUT2D eigenvalue weighted by Gasteiger charge is -2.46. The fraction of sp³-hybridized carbons (Fsp3) is 0.104. The summed E-state index contributed by atoms with van der Waals surface area (Å²) in [7, 11) is 2.15. The predicted octanol–water partition coefficient (Wildman–Crippen LogP) is 11.2. The number of likely N-dealkylation sites (N-methyl/N-ethyl adjacent to an activating group) is 1. The second-order valence-corrected chi connectivity index (χ2v) is 14.1. The molecule has 7 aromatic rings. The maximum Gasteiger partial charge on any atom is 0.219 e. The maximum atomic E-state index is 7.40. The van der Waals surface area contributed by atoms with Gasteiger partial charge in [-0.3, -0.25) is 0 Å². The summed E-state index contributed by atoms with van der Waals surface area (Å²) in [4.78, 5) is 2.31. The van der Waals surface area contributed by atoms with Crippen molar-refractivity contribution in [1.82, 2.24) is 0 Å². The van der Waals surface area contributed by atoms with Crippen LogP contribution in [0.1, 0.15) is 25.0 Å². The summed E-state index contributed by atoms with van der Waals surface area (Å²) in [6, 6.07) is 60.7. The number of hydrogen-bond donors (Lipinski definition) is 0. The number of anilines is 1. The van der Waals surface area contributed by atoms with Gasteiger partial charge in [0.2, 0.25) is 22.8 Å². The summed E-state index contributed by atoms with van der Waals surface area (Å²) in [5.74, 6) is 0.893. The molecular formula is C48H39N2O+. The van der Waals surface area contributed by atoms with Gasteiger partial charge in [-0.2, -0.15) is 4.57 Å². The topological polar surface area (TPSA) is 16.4 Å². The van der Waals surface area contributed by atoms with E-state index in [2.05, 4.69) is 212 Å². The summed E-state index contributed by atoms with van der Waals surface area (Å²) in [5.41, 5.74) is 12.6. The van der Waals surface area contributed by atoms with Crippen LogP contribution < -0.4 is 14.2 Å². The highest BCUT2D eigenvalue weighted by atomic mass is 16.5. The first kappa shape index (κ1) is 30.8. The number of para-hydroxylation sites is 1. The fourth-order valence-electron chi connectivity index (χ4n) is 8.14. The molecule has 0 radical (unpaired) electrons. The second-order valence-electron chi connectivity index (χ2n) is 14.1. The molecule has 1 unspecified atom stereocenters. The average Bonchev–Trinajstić information content (AvgIpc) is 3.35. The smallest absolute Gasteiger partial charge is 0.219 e. The molecule has 0 bridgehead atoms. The molecule has 0 saturated carbocycles. The normalized spacial score (nSPS) is 16.8. The molecule has 51 heavy (non-hydrogen) atoms. The number of fused-ring (bicyclic) bond motifs is 2. The van der Waals surface area contributed by atoms with E-state index in [9.17, 15) is 0 Å². The minimum atomic E-state index is -0.691. The van der Waals surface area contributed by atoms with Gasteiger partial charge in [0.25, 0.3) is 0 Å². The van der Waals surface area contributed by atoms with Crippen molar-refractivity contribution in [2.45, 2.75) is 25.0 Å². The van der Waals surface area contributed by atoms with Crippen molar-refractivity contribution in [2.75, 3.05) is 11.9 Å². The van der Waals surface area contributed by atoms with Crippen molar-refractivity contribution < 1.29 is 9.30 Å². The molecule has 1 spiro atoms. The molecule has 3 nitrogen and oxygen atoms in total. The first-order valence-electron chi connectivity index (χ1n) is 17.7. The third kappa shape index (κ3) is 4.92. The molecule has 6 aromatic carbocycles. The van der Waals surface area contributed by atoms with Crippen LogP contribution in [0.3, 0.4) is 0 Å². The standard InChI is InChI=1S/C48H39N2O/c1-47(2)42-26-16-17-27-43(42)49(3)48(47)29-28-38-30-40(33-41(46(38)51-48)35-20-10-5-11-21-35)50-44(36-22-12-6-13-23-36)31-39(34-18-8-4-9-19-34)32-45(50)37-24-14-7-15-25-37/h4-33H,1-3H3/q+1. The Kier molecular flexibility index (Phi) is 7.25. The molecule has 0 N–H and O–H groups in total. The van der Waals surface area contributed by atoms with Crippen LogP contribution >= 0.6 is 0 Å². The zero-order chi connectivity index (χ0) is 34.6. The molecular weight excluding hydrogens is 621 g/mol. The van der Waals surface area contributed by atoms with Crippen molar-refractivity contribution in [2.24, 2.45) is 0 Å². The van der Waals surface area contributed by atoms with Crippen LogP contribution in [0.5, 0.6) is 5.75 Å². The summed E-state index contributed by atoms with van der Waals surface area (Å²) in [6.07, 6.45) is 4.55. The monoisotopic (exact) mass is 659 g/mol. The molecule has 0 fully saturated rings. The molecule has 2 aliphatic rings. The van der Waals surface area contributed by atoms with Gasteiger partial charge in [-0.05, 0) is 78.6 Å². The highest BCUT2D eigenvalue weighted by Crippen LogP contribution is 2.55. The van der Waals surface area contributed by atoms with Crippen LogP contribution in [0.2, 0.25) is 0 Å². The maximum absolute atomic E-state index is 7.40. The van der Waals surface area contributed by atoms with Crippen molar-refractivity contribution in [1.29, 1.82) is 0 Å². The number of pyridine rings is 1. The Morgan fingerprint density at radius 3 is 1.61 bits per heavy atom. The zero-order valence-corrected chi connectivity index (χ0v) is 29.1. The van der Waals surface area contributed by atoms with Crippen molar-refractivity contribution >= 4 is 11.8 Å². The Labute approximate surface area is 300 Å². The second kappa shape index (κ2) is 12.0. The Hall–Kier alpha value is -6.19. The van der Waals surface area contributed by atoms with Gasteiger partial charge in [0.1, 0.15) is 5.75 Å². The lowest BCUT2D eigenvalue weighted by molar-refractivity contribution is -0.572. The molecule has 2 aliphatic heterocycles. The van der Waals surface area contributed by atoms with Crippen LogP contribution in [0.15, 0.2) is 176 Å². The van der Waals surface area contributed by atoms with Gasteiger partial charge >= 0.3 is 0 Å². The molecule has 3 heterocycles. The lowest BCUT2D eigenvalue weighted by atomic mass is 9.76. The Morgan fingerprint density at radius 2 is 1.04 bits per heavy atom. The van der Waals surface area contributed by atoms with Crippen molar-refractivity contribution in [3.05, 3.63) is 187 Å². The molecule has 9 rings (SSSR count). The third-order valence-corrected chi connectivity index (χ3v) is 10.8. The average molecular weight is 660 g/mol. The van der Waals surface area contributed by atoms with E-state index in [4.69, 9.17) is 4.74 Å². The molecule has 1 aromatic heterocycles. The molecule has 0 aliphatic carbocycles. The van der Waals surface area contributed by atoms with E-state index in [0.29, 0.717) is 0 Å². The minimum absolute atomic E-state index is 0.303. The highest BCUT2D eigenvalue weighted by molar-refractivity contribution is 5.82. The van der Waals surface area contributed by atoms with E-state index in [0.717, 1.165) is 50.6 Å². The van der Waals surface area contributed by atoms with Gasteiger partial charge in [-0.25, -0.2) is 0 Å². The van der Waals surface area contributed by atoms with Crippen LogP contribution in [0.25, 0.3) is 56.5 Å². The fourth-order valence-corrected chi connectivity index (χ4v) is 8.14. The van der Waals surface area contributed by atoms with Gasteiger partial charge in [0, 0.05) is 59.3 Å². The van der Waals surface area contributed by atoms with Gasteiger partial charge in [0.05, 0.1) is 5.41 Å². The van der Waals surface area contributed by atoms with Crippen LogP contribution in [0, 0.1) is 0 Å². The number of rotatable bonds is 5. The number of ether oxygens (including phenoxy) is 1. The van der Waals surface area contributed by atoms with E-state index >= 15 is 0 Å². The highest BCUT2D eigenvalue weighted by Gasteiger charge is 2.57. The predicted molar refractivity (Wildman–Crippen MR) is 210 cm³/mol. The molecule has 0 saturated heterocycles. The van der Waals surface area contributed by atoms with Crippen LogP contribution in [-0.4, -0.2) is 12.8 Å². The minimum Gasteiger partial charge on any atom is -0.462 e. The van der Waals surface area contributed by atoms with Crippen LogP contribution in [0.4, 0.5) is 5.69 Å². The quantitative estimate of drug-likeness (QED) is 0.171. The molecule has 0 amide bonds. The van der Waals surface area contributed by atoms with Crippen molar-refractivity contribution in [3.63, 3.8) is 0 Å². The Morgan fingerprint density at radius 1 is 0.529 bits per heavy atom. The third-order valence-electron chi connectivity index (χ3n) is 10.8. The molecule has 1 atom stereocenters. The summed E-state index contributed by atoms with van der Waals surface area (Å²) < 4.78 is 9.82. The number of benzene rings is 6. The number of aromatic nitrogens is 1. The zero-order valence-electron chi connectivity index (χ0n) is 29.1. The summed E-state index contributed by atoms with van der Waals surface area (Å²) >= 11 is 0. The van der Waals surface area contributed by atoms with Gasteiger partial charge in [-0.15, -0.1) is 0 Å². The summed E-state index contributed by atoms with van der Waals surface area (Å²) in [5, 5.41) is 0. The lowest BCUT2D eigenvalue weighted by Crippen LogP contribution is -2.58. The van der Waals surface area contributed by atoms with Crippen molar-refractivity contribution in [3.8, 4) is 56.2 Å². The largest absolute Gasteiger partial charge is 0.462 e.